The van der Waals surface area contributed by atoms with Gasteiger partial charge in [-0.3, -0.25) is 10.1 Å². The number of piperidine rings is 1. The number of non-ortho nitro benzene ring substituents is 1. The smallest absolute Gasteiger partial charge is 0.271 e. The Morgan fingerprint density at radius 2 is 1.90 bits per heavy atom. The summed E-state index contributed by atoms with van der Waals surface area (Å²) in [6.07, 6.45) is 2.28. The van der Waals surface area contributed by atoms with E-state index < -0.39 is 4.92 Å². The Kier molecular flexibility index (Phi) is 3.88. The fourth-order valence-electron chi connectivity index (χ4n) is 2.93. The molecule has 1 heterocycles. The molecule has 5 heteroatoms. The number of nitrogens with zero attached hydrogens (tertiary/aromatic N) is 2. The highest BCUT2D eigenvalue weighted by Gasteiger charge is 2.29. The van der Waals surface area contributed by atoms with E-state index in [4.69, 9.17) is 5.73 Å². The van der Waals surface area contributed by atoms with E-state index >= 15 is 0 Å². The molecule has 1 aliphatic rings. The van der Waals surface area contributed by atoms with E-state index in [2.05, 4.69) is 25.7 Å². The van der Waals surface area contributed by atoms with Gasteiger partial charge in [-0.05, 0) is 30.2 Å². The molecule has 0 aromatic heterocycles. The number of nitro groups is 1. The zero-order valence-electron chi connectivity index (χ0n) is 12.4. The van der Waals surface area contributed by atoms with Crippen LogP contribution in [0.15, 0.2) is 18.2 Å². The molecule has 0 atom stereocenters. The van der Waals surface area contributed by atoms with Crippen molar-refractivity contribution in [2.45, 2.75) is 33.6 Å². The highest BCUT2D eigenvalue weighted by atomic mass is 16.6. The Labute approximate surface area is 119 Å². The van der Waals surface area contributed by atoms with Gasteiger partial charge in [0.05, 0.1) is 16.3 Å². The van der Waals surface area contributed by atoms with E-state index in [0.29, 0.717) is 11.1 Å². The van der Waals surface area contributed by atoms with Crippen molar-refractivity contribution in [3.63, 3.8) is 0 Å². The van der Waals surface area contributed by atoms with Gasteiger partial charge in [0.1, 0.15) is 0 Å². The molecular weight excluding hydrogens is 254 g/mol. The molecule has 1 saturated heterocycles. The number of anilines is 2. The summed E-state index contributed by atoms with van der Waals surface area (Å²) in [6, 6.07) is 4.75. The fraction of sp³-hybridized carbons (Fsp3) is 0.600. The number of benzene rings is 1. The zero-order valence-corrected chi connectivity index (χ0v) is 12.4. The van der Waals surface area contributed by atoms with Crippen molar-refractivity contribution in [3.05, 3.63) is 28.3 Å². The SMILES string of the molecule is CC(C)(C)C1CCN(c2ccc([N+](=O)[O-])cc2N)CC1. The van der Waals surface area contributed by atoms with Gasteiger partial charge in [-0.15, -0.1) is 0 Å². The Morgan fingerprint density at radius 1 is 1.30 bits per heavy atom. The van der Waals surface area contributed by atoms with E-state index in [9.17, 15) is 10.1 Å². The maximum atomic E-state index is 10.7. The third-order valence-corrected chi connectivity index (χ3v) is 4.28. The predicted molar refractivity (Wildman–Crippen MR) is 81.9 cm³/mol. The summed E-state index contributed by atoms with van der Waals surface area (Å²) in [6.45, 7) is 8.78. The molecule has 2 N–H and O–H groups in total. The van der Waals surface area contributed by atoms with Crippen LogP contribution in [0.3, 0.4) is 0 Å². The second kappa shape index (κ2) is 5.31. The topological polar surface area (TPSA) is 72.4 Å². The molecule has 1 aliphatic heterocycles. The van der Waals surface area contributed by atoms with Gasteiger partial charge in [0.15, 0.2) is 0 Å². The third-order valence-electron chi connectivity index (χ3n) is 4.28. The summed E-state index contributed by atoms with van der Waals surface area (Å²) in [5.41, 5.74) is 7.77. The van der Waals surface area contributed by atoms with Crippen LogP contribution in [0.25, 0.3) is 0 Å². The van der Waals surface area contributed by atoms with Crippen LogP contribution in [0.5, 0.6) is 0 Å². The lowest BCUT2D eigenvalue weighted by molar-refractivity contribution is -0.384. The quantitative estimate of drug-likeness (QED) is 0.510. The number of nitro benzene ring substituents is 1. The first-order chi connectivity index (χ1) is 9.29. The minimum atomic E-state index is -0.411. The van der Waals surface area contributed by atoms with Gasteiger partial charge < -0.3 is 10.6 Å². The molecule has 0 radical (unpaired) electrons. The second-order valence-corrected chi connectivity index (χ2v) is 6.63. The zero-order chi connectivity index (χ0) is 14.9. The van der Waals surface area contributed by atoms with Crippen LogP contribution >= 0.6 is 0 Å². The lowest BCUT2D eigenvalue weighted by Crippen LogP contribution is -2.38. The highest BCUT2D eigenvalue weighted by molar-refractivity contribution is 5.70. The largest absolute Gasteiger partial charge is 0.397 e. The molecule has 110 valence electrons. The molecule has 0 unspecified atom stereocenters. The lowest BCUT2D eigenvalue weighted by Gasteiger charge is -2.40. The minimum absolute atomic E-state index is 0.0517. The van der Waals surface area contributed by atoms with Crippen molar-refractivity contribution >= 4 is 17.1 Å². The molecule has 0 saturated carbocycles. The molecule has 0 aliphatic carbocycles. The van der Waals surface area contributed by atoms with Crippen LogP contribution in [0, 0.1) is 21.4 Å². The van der Waals surface area contributed by atoms with Crippen LogP contribution in [-0.4, -0.2) is 18.0 Å². The second-order valence-electron chi connectivity index (χ2n) is 6.63. The van der Waals surface area contributed by atoms with Crippen molar-refractivity contribution in [1.82, 2.24) is 0 Å². The lowest BCUT2D eigenvalue weighted by atomic mass is 9.75. The molecular formula is C15H23N3O2. The molecule has 1 fully saturated rings. The average Bonchev–Trinajstić information content (AvgIpc) is 2.37. The predicted octanol–water partition coefficient (Wildman–Crippen LogP) is 3.44. The summed E-state index contributed by atoms with van der Waals surface area (Å²) in [5.74, 6) is 0.720. The molecule has 1 aromatic rings. The number of rotatable bonds is 2. The minimum Gasteiger partial charge on any atom is -0.397 e. The average molecular weight is 277 g/mol. The van der Waals surface area contributed by atoms with Crippen LogP contribution < -0.4 is 10.6 Å². The van der Waals surface area contributed by atoms with Crippen molar-refractivity contribution in [3.8, 4) is 0 Å². The van der Waals surface area contributed by atoms with Gasteiger partial charge in [-0.1, -0.05) is 20.8 Å². The van der Waals surface area contributed by atoms with Crippen LogP contribution in [0.1, 0.15) is 33.6 Å². The van der Waals surface area contributed by atoms with Crippen LogP contribution in [0.2, 0.25) is 0 Å². The Morgan fingerprint density at radius 3 is 2.35 bits per heavy atom. The summed E-state index contributed by atoms with van der Waals surface area (Å²) in [5, 5.41) is 10.7. The molecule has 0 spiro atoms. The summed E-state index contributed by atoms with van der Waals surface area (Å²) < 4.78 is 0. The molecule has 5 nitrogen and oxygen atoms in total. The van der Waals surface area contributed by atoms with Crippen molar-refractivity contribution in [2.24, 2.45) is 11.3 Å². The molecule has 2 rings (SSSR count). The Balaban J connectivity index is 2.09. The van der Waals surface area contributed by atoms with E-state index in [1.165, 1.54) is 12.1 Å². The number of nitrogen functional groups attached to an aromatic ring is 1. The molecule has 0 bridgehead atoms. The molecule has 20 heavy (non-hydrogen) atoms. The van der Waals surface area contributed by atoms with Gasteiger partial charge in [0.25, 0.3) is 5.69 Å². The molecule has 1 aromatic carbocycles. The first-order valence-corrected chi connectivity index (χ1v) is 7.08. The number of hydrogen-bond acceptors (Lipinski definition) is 4. The van der Waals surface area contributed by atoms with Crippen LogP contribution in [-0.2, 0) is 0 Å². The monoisotopic (exact) mass is 277 g/mol. The summed E-state index contributed by atoms with van der Waals surface area (Å²) in [4.78, 5) is 12.6. The maximum Gasteiger partial charge on any atom is 0.271 e. The van der Waals surface area contributed by atoms with E-state index in [1.54, 1.807) is 6.07 Å². The normalized spacial score (nSPS) is 17.2. The summed E-state index contributed by atoms with van der Waals surface area (Å²) >= 11 is 0. The standard InChI is InChI=1S/C15H23N3O2/c1-15(2,3)11-6-8-17(9-7-11)14-5-4-12(18(19)20)10-13(14)16/h4-5,10-11H,6-9,16H2,1-3H3. The highest BCUT2D eigenvalue weighted by Crippen LogP contribution is 2.37. The van der Waals surface area contributed by atoms with Crippen molar-refractivity contribution in [2.75, 3.05) is 23.7 Å². The Hall–Kier alpha value is -1.78. The van der Waals surface area contributed by atoms with E-state index in [0.717, 1.165) is 37.5 Å². The van der Waals surface area contributed by atoms with Gasteiger partial charge >= 0.3 is 0 Å². The van der Waals surface area contributed by atoms with Gasteiger partial charge in [-0.25, -0.2) is 0 Å². The fourth-order valence-corrected chi connectivity index (χ4v) is 2.93. The first kappa shape index (κ1) is 14.6. The maximum absolute atomic E-state index is 10.7. The van der Waals surface area contributed by atoms with Gasteiger partial charge in [0, 0.05) is 25.2 Å². The number of nitrogens with two attached hydrogens (primary N) is 1. The molecule has 0 amide bonds. The first-order valence-electron chi connectivity index (χ1n) is 7.08. The van der Waals surface area contributed by atoms with Crippen LogP contribution in [0.4, 0.5) is 17.1 Å². The van der Waals surface area contributed by atoms with Crippen molar-refractivity contribution in [1.29, 1.82) is 0 Å². The van der Waals surface area contributed by atoms with E-state index in [1.807, 2.05) is 0 Å². The Bertz CT molecular complexity index is 500. The van der Waals surface area contributed by atoms with Crippen molar-refractivity contribution < 1.29 is 4.92 Å². The van der Waals surface area contributed by atoms with Gasteiger partial charge in [-0.2, -0.15) is 0 Å². The van der Waals surface area contributed by atoms with Gasteiger partial charge in [0.2, 0.25) is 0 Å². The van der Waals surface area contributed by atoms with E-state index in [-0.39, 0.29) is 5.69 Å². The third kappa shape index (κ3) is 3.03. The number of hydrogen-bond donors (Lipinski definition) is 1. The summed E-state index contributed by atoms with van der Waals surface area (Å²) in [7, 11) is 0.